The molecule has 0 bridgehead atoms. The lowest BCUT2D eigenvalue weighted by molar-refractivity contribution is -0.137. The SMILES string of the molecule is CCCCCCCC/C=C/CCCCCCCCN(CCN(CCCCCCCC/C=C/CCCCCCCC)C(=O)C(N)CCCCN)C(=O)C(N)CCCCN. The first-order valence-corrected chi connectivity index (χ1v) is 25.2. The quantitative estimate of drug-likeness (QED) is 0.0356. The van der Waals surface area contributed by atoms with Crippen molar-refractivity contribution in [1.29, 1.82) is 0 Å². The van der Waals surface area contributed by atoms with Crippen molar-refractivity contribution in [1.82, 2.24) is 9.80 Å². The van der Waals surface area contributed by atoms with Crippen molar-refractivity contribution in [2.75, 3.05) is 39.3 Å². The van der Waals surface area contributed by atoms with Crippen LogP contribution in [0.1, 0.15) is 232 Å². The van der Waals surface area contributed by atoms with Gasteiger partial charge in [0, 0.05) is 26.2 Å². The number of nitrogens with zero attached hydrogens (tertiary/aromatic N) is 2. The van der Waals surface area contributed by atoms with E-state index in [0.717, 1.165) is 51.4 Å². The lowest BCUT2D eigenvalue weighted by Crippen LogP contribution is -2.50. The van der Waals surface area contributed by atoms with Gasteiger partial charge in [-0.1, -0.05) is 167 Å². The minimum absolute atomic E-state index is 0.00154. The number of hydrogen-bond acceptors (Lipinski definition) is 6. The molecule has 0 rings (SSSR count). The summed E-state index contributed by atoms with van der Waals surface area (Å²) in [7, 11) is 0. The van der Waals surface area contributed by atoms with Crippen LogP contribution in [0.3, 0.4) is 0 Å². The van der Waals surface area contributed by atoms with Gasteiger partial charge in [0.05, 0.1) is 12.1 Å². The van der Waals surface area contributed by atoms with Crippen LogP contribution in [0, 0.1) is 0 Å². The summed E-state index contributed by atoms with van der Waals surface area (Å²) in [6.45, 7) is 8.14. The third-order valence-corrected chi connectivity index (χ3v) is 11.7. The van der Waals surface area contributed by atoms with Crippen LogP contribution in [0.4, 0.5) is 0 Å². The molecule has 0 spiro atoms. The number of amides is 2. The second-order valence-electron chi connectivity index (χ2n) is 17.3. The fraction of sp³-hybridized carbons (Fsp3) is 0.880. The summed E-state index contributed by atoms with van der Waals surface area (Å²) in [4.78, 5) is 31.2. The Labute approximate surface area is 360 Å². The number of nitrogens with two attached hydrogens (primary N) is 4. The molecular formula is C50H100N6O2. The van der Waals surface area contributed by atoms with Gasteiger partial charge in [0.2, 0.25) is 11.8 Å². The Morgan fingerprint density at radius 1 is 0.379 bits per heavy atom. The molecule has 0 aliphatic carbocycles. The molecule has 0 aromatic carbocycles. The molecular weight excluding hydrogens is 717 g/mol. The predicted molar refractivity (Wildman–Crippen MR) is 254 cm³/mol. The van der Waals surface area contributed by atoms with Crippen LogP contribution in [0.5, 0.6) is 0 Å². The molecule has 8 N–H and O–H groups in total. The zero-order valence-corrected chi connectivity index (χ0v) is 38.8. The number of hydrogen-bond donors (Lipinski definition) is 4. The van der Waals surface area contributed by atoms with E-state index in [1.807, 2.05) is 9.80 Å². The first kappa shape index (κ1) is 56.3. The predicted octanol–water partition coefficient (Wildman–Crippen LogP) is 11.6. The van der Waals surface area contributed by atoms with Gasteiger partial charge >= 0.3 is 0 Å². The number of allylic oxidation sites excluding steroid dienone is 4. The van der Waals surface area contributed by atoms with Crippen LogP contribution in [0.2, 0.25) is 0 Å². The second kappa shape index (κ2) is 44.8. The van der Waals surface area contributed by atoms with E-state index in [0.29, 0.717) is 52.1 Å². The number of unbranched alkanes of at least 4 members (excludes halogenated alkanes) is 26. The highest BCUT2D eigenvalue weighted by molar-refractivity contribution is 5.82. The lowest BCUT2D eigenvalue weighted by atomic mass is 10.1. The van der Waals surface area contributed by atoms with Crippen molar-refractivity contribution in [2.45, 2.75) is 244 Å². The maximum Gasteiger partial charge on any atom is 0.239 e. The average molecular weight is 817 g/mol. The van der Waals surface area contributed by atoms with Crippen LogP contribution in [-0.4, -0.2) is 73.0 Å². The third-order valence-electron chi connectivity index (χ3n) is 11.7. The van der Waals surface area contributed by atoms with Gasteiger partial charge in [-0.15, -0.1) is 0 Å². The summed E-state index contributed by atoms with van der Waals surface area (Å²) in [6.07, 6.45) is 49.4. The van der Waals surface area contributed by atoms with Gasteiger partial charge in [-0.3, -0.25) is 9.59 Å². The molecule has 0 saturated heterocycles. The maximum absolute atomic E-state index is 13.7. The van der Waals surface area contributed by atoms with E-state index in [1.165, 1.54) is 154 Å². The fourth-order valence-electron chi connectivity index (χ4n) is 7.74. The zero-order chi connectivity index (χ0) is 42.6. The van der Waals surface area contributed by atoms with E-state index in [9.17, 15) is 9.59 Å². The fourth-order valence-corrected chi connectivity index (χ4v) is 7.74. The van der Waals surface area contributed by atoms with Crippen LogP contribution in [0.25, 0.3) is 0 Å². The van der Waals surface area contributed by atoms with Crippen molar-refractivity contribution >= 4 is 11.8 Å². The van der Waals surface area contributed by atoms with Crippen LogP contribution in [-0.2, 0) is 9.59 Å². The molecule has 0 aromatic heterocycles. The molecule has 8 nitrogen and oxygen atoms in total. The van der Waals surface area contributed by atoms with E-state index in [4.69, 9.17) is 22.9 Å². The molecule has 0 aliphatic heterocycles. The molecule has 342 valence electrons. The Balaban J connectivity index is 4.85. The monoisotopic (exact) mass is 817 g/mol. The summed E-state index contributed by atoms with van der Waals surface area (Å²) >= 11 is 0. The molecule has 0 radical (unpaired) electrons. The summed E-state index contributed by atoms with van der Waals surface area (Å²) < 4.78 is 0. The number of rotatable bonds is 45. The molecule has 0 aliphatic rings. The maximum atomic E-state index is 13.7. The van der Waals surface area contributed by atoms with E-state index in [2.05, 4.69) is 38.2 Å². The second-order valence-corrected chi connectivity index (χ2v) is 17.3. The summed E-state index contributed by atoms with van der Waals surface area (Å²) in [6, 6.07) is -1.06. The lowest BCUT2D eigenvalue weighted by Gasteiger charge is -2.31. The largest absolute Gasteiger partial charge is 0.340 e. The van der Waals surface area contributed by atoms with Crippen LogP contribution < -0.4 is 22.9 Å². The number of carbonyl (C=O) groups is 2. The minimum atomic E-state index is -0.529. The number of carbonyl (C=O) groups excluding carboxylic acids is 2. The Morgan fingerprint density at radius 2 is 0.655 bits per heavy atom. The van der Waals surface area contributed by atoms with Gasteiger partial charge in [0.25, 0.3) is 0 Å². The van der Waals surface area contributed by atoms with Gasteiger partial charge in [0.15, 0.2) is 0 Å². The molecule has 58 heavy (non-hydrogen) atoms. The van der Waals surface area contributed by atoms with Crippen molar-refractivity contribution < 1.29 is 9.59 Å². The Bertz CT molecular complexity index is 869. The van der Waals surface area contributed by atoms with Gasteiger partial charge in [0.1, 0.15) is 0 Å². The van der Waals surface area contributed by atoms with Crippen molar-refractivity contribution in [3.05, 3.63) is 24.3 Å². The molecule has 2 amide bonds. The van der Waals surface area contributed by atoms with Crippen LogP contribution >= 0.6 is 0 Å². The van der Waals surface area contributed by atoms with E-state index in [1.54, 1.807) is 0 Å². The van der Waals surface area contributed by atoms with E-state index < -0.39 is 12.1 Å². The first-order valence-electron chi connectivity index (χ1n) is 25.2. The smallest absolute Gasteiger partial charge is 0.239 e. The summed E-state index contributed by atoms with van der Waals surface area (Å²) in [5.41, 5.74) is 24.3. The molecule has 8 heteroatoms. The van der Waals surface area contributed by atoms with E-state index >= 15 is 0 Å². The van der Waals surface area contributed by atoms with Crippen LogP contribution in [0.15, 0.2) is 24.3 Å². The normalized spacial score (nSPS) is 12.9. The Kier molecular flexibility index (Phi) is 43.5. The molecule has 0 aromatic rings. The van der Waals surface area contributed by atoms with E-state index in [-0.39, 0.29) is 11.8 Å². The average Bonchev–Trinajstić information content (AvgIpc) is 3.23. The molecule has 2 unspecified atom stereocenters. The molecule has 2 atom stereocenters. The minimum Gasteiger partial charge on any atom is -0.340 e. The molecule has 0 fully saturated rings. The summed E-state index contributed by atoms with van der Waals surface area (Å²) in [5.74, 6) is 0.00308. The van der Waals surface area contributed by atoms with Gasteiger partial charge in [-0.25, -0.2) is 0 Å². The van der Waals surface area contributed by atoms with Crippen molar-refractivity contribution in [3.63, 3.8) is 0 Å². The topological polar surface area (TPSA) is 145 Å². The Hall–Kier alpha value is -1.74. The molecule has 0 saturated carbocycles. The molecule has 0 heterocycles. The first-order chi connectivity index (χ1) is 28.4. The highest BCUT2D eigenvalue weighted by atomic mass is 16.2. The van der Waals surface area contributed by atoms with Gasteiger partial charge < -0.3 is 32.7 Å². The standard InChI is InChI=1S/C50H100N6O2/c1-3-5-7-9-11-13-15-17-19-21-23-25-27-29-31-37-43-55(49(57)47(53)39-33-35-41-51)45-46-56(50(58)48(54)40-34-36-42-52)44-38-32-30-28-26-24-22-20-18-16-14-12-10-8-6-4-2/h17-20,47-48H,3-16,21-46,51-54H2,1-2H3/b19-17+,20-18+. The Morgan fingerprint density at radius 3 is 0.948 bits per heavy atom. The highest BCUT2D eigenvalue weighted by Gasteiger charge is 2.24. The van der Waals surface area contributed by atoms with Crippen molar-refractivity contribution in [3.8, 4) is 0 Å². The highest BCUT2D eigenvalue weighted by Crippen LogP contribution is 2.14. The van der Waals surface area contributed by atoms with Gasteiger partial charge in [-0.2, -0.15) is 0 Å². The van der Waals surface area contributed by atoms with Gasteiger partial charge in [-0.05, 0) is 103 Å². The summed E-state index contributed by atoms with van der Waals surface area (Å²) in [5, 5.41) is 0. The third kappa shape index (κ3) is 36.1. The van der Waals surface area contributed by atoms with Crippen molar-refractivity contribution in [2.24, 2.45) is 22.9 Å². The zero-order valence-electron chi connectivity index (χ0n) is 38.8.